The largest absolute Gasteiger partial charge is 0.493 e. The van der Waals surface area contributed by atoms with Gasteiger partial charge in [0.15, 0.2) is 11.5 Å². The summed E-state index contributed by atoms with van der Waals surface area (Å²) in [7, 11) is 1.59. The number of carbonyl (C=O) groups is 2. The van der Waals surface area contributed by atoms with Crippen LogP contribution in [0.1, 0.15) is 51.6 Å². The molecule has 2 amide bonds. The third kappa shape index (κ3) is 7.62. The third-order valence-corrected chi connectivity index (χ3v) is 6.56. The molecule has 8 heteroatoms. The molecule has 2 N–H and O–H groups in total. The van der Waals surface area contributed by atoms with Crippen LogP contribution in [0.5, 0.6) is 11.5 Å². The molecular formula is C28H40N4O4. The second kappa shape index (κ2) is 13.7. The molecule has 0 saturated carbocycles. The molecular weight excluding hydrogens is 456 g/mol. The van der Waals surface area contributed by atoms with Crippen LogP contribution in [0.25, 0.3) is 0 Å². The maximum absolute atomic E-state index is 12.5. The number of methoxy groups -OCH3 is 1. The zero-order valence-electron chi connectivity index (χ0n) is 22.0. The van der Waals surface area contributed by atoms with Crippen molar-refractivity contribution in [2.45, 2.75) is 46.1 Å². The first kappa shape index (κ1) is 27.3. The van der Waals surface area contributed by atoms with Gasteiger partial charge in [0.1, 0.15) is 0 Å². The van der Waals surface area contributed by atoms with Gasteiger partial charge in [0.05, 0.1) is 19.8 Å². The van der Waals surface area contributed by atoms with Gasteiger partial charge >= 0.3 is 11.8 Å². The van der Waals surface area contributed by atoms with Crippen LogP contribution in [0.15, 0.2) is 42.5 Å². The van der Waals surface area contributed by atoms with E-state index in [2.05, 4.69) is 34.3 Å². The number of piperazine rings is 1. The second-order valence-electron chi connectivity index (χ2n) is 9.08. The summed E-state index contributed by atoms with van der Waals surface area (Å²) in [6.07, 6.45) is 3.24. The van der Waals surface area contributed by atoms with E-state index in [1.165, 1.54) is 0 Å². The van der Waals surface area contributed by atoms with Crippen molar-refractivity contribution in [3.63, 3.8) is 0 Å². The van der Waals surface area contributed by atoms with Gasteiger partial charge in [-0.3, -0.25) is 9.59 Å². The second-order valence-corrected chi connectivity index (χ2v) is 9.08. The molecule has 0 aliphatic carbocycles. The molecule has 1 unspecified atom stereocenters. The van der Waals surface area contributed by atoms with Gasteiger partial charge < -0.3 is 29.9 Å². The fourth-order valence-corrected chi connectivity index (χ4v) is 4.22. The summed E-state index contributed by atoms with van der Waals surface area (Å²) in [6.45, 7) is 11.9. The molecule has 0 bridgehead atoms. The molecule has 0 aromatic heterocycles. The number of hydrogen-bond acceptors (Lipinski definition) is 6. The van der Waals surface area contributed by atoms with Crippen molar-refractivity contribution in [3.05, 3.63) is 48.0 Å². The predicted octanol–water partition coefficient (Wildman–Crippen LogP) is 4.22. The van der Waals surface area contributed by atoms with Gasteiger partial charge in [-0.15, -0.1) is 0 Å². The first-order valence-corrected chi connectivity index (χ1v) is 12.9. The number of nitrogens with one attached hydrogen (secondary N) is 2. The van der Waals surface area contributed by atoms with E-state index in [-0.39, 0.29) is 6.04 Å². The monoisotopic (exact) mass is 496 g/mol. The van der Waals surface area contributed by atoms with Crippen LogP contribution in [-0.4, -0.2) is 63.2 Å². The molecule has 2 aromatic rings. The Labute approximate surface area is 214 Å². The SMILES string of the molecule is CCCCCOc1ccc(C(C)NC(=O)C(=O)Nc2ccc(N3CCN(CC)CC3)cc2)cc1OC. The van der Waals surface area contributed by atoms with Crippen molar-refractivity contribution in [1.29, 1.82) is 0 Å². The van der Waals surface area contributed by atoms with Crippen LogP contribution in [0, 0.1) is 0 Å². The molecule has 0 spiro atoms. The number of nitrogens with zero attached hydrogens (tertiary/aromatic N) is 2. The van der Waals surface area contributed by atoms with Crippen molar-refractivity contribution in [3.8, 4) is 11.5 Å². The fraction of sp³-hybridized carbons (Fsp3) is 0.500. The molecule has 1 aliphatic heterocycles. The van der Waals surface area contributed by atoms with Crippen molar-refractivity contribution in [2.24, 2.45) is 0 Å². The molecule has 1 atom stereocenters. The minimum atomic E-state index is -0.700. The highest BCUT2D eigenvalue weighted by atomic mass is 16.5. The minimum absolute atomic E-state index is 0.379. The Morgan fingerprint density at radius 3 is 2.31 bits per heavy atom. The lowest BCUT2D eigenvalue weighted by atomic mass is 10.1. The Kier molecular flexibility index (Phi) is 10.4. The van der Waals surface area contributed by atoms with Crippen LogP contribution in [-0.2, 0) is 9.59 Å². The number of amides is 2. The van der Waals surface area contributed by atoms with Gasteiger partial charge in [0, 0.05) is 37.6 Å². The van der Waals surface area contributed by atoms with Crippen LogP contribution >= 0.6 is 0 Å². The Morgan fingerprint density at radius 2 is 1.67 bits per heavy atom. The number of unbranched alkanes of at least 4 members (excludes halogenated alkanes) is 2. The quantitative estimate of drug-likeness (QED) is 0.358. The first-order chi connectivity index (χ1) is 17.4. The van der Waals surface area contributed by atoms with Gasteiger partial charge in [0.25, 0.3) is 0 Å². The van der Waals surface area contributed by atoms with Crippen LogP contribution < -0.4 is 25.0 Å². The highest BCUT2D eigenvalue weighted by Gasteiger charge is 2.19. The number of anilines is 2. The molecule has 8 nitrogen and oxygen atoms in total. The number of ether oxygens (including phenoxy) is 2. The number of hydrogen-bond donors (Lipinski definition) is 2. The van der Waals surface area contributed by atoms with E-state index >= 15 is 0 Å². The Bertz CT molecular complexity index is 988. The zero-order chi connectivity index (χ0) is 25.9. The van der Waals surface area contributed by atoms with E-state index < -0.39 is 11.8 Å². The van der Waals surface area contributed by atoms with Gasteiger partial charge in [-0.1, -0.05) is 32.8 Å². The van der Waals surface area contributed by atoms with Gasteiger partial charge in [0.2, 0.25) is 0 Å². The molecule has 1 fully saturated rings. The standard InChI is InChI=1S/C28H40N4O4/c1-5-7-8-19-36-25-14-9-22(20-26(25)35-4)21(3)29-27(33)28(34)30-23-10-12-24(13-11-23)32-17-15-31(6-2)16-18-32/h9-14,20-21H,5-8,15-19H2,1-4H3,(H,29,33)(H,30,34). The van der Waals surface area contributed by atoms with E-state index in [1.54, 1.807) is 7.11 Å². The van der Waals surface area contributed by atoms with Crippen molar-refractivity contribution < 1.29 is 19.1 Å². The molecule has 36 heavy (non-hydrogen) atoms. The lowest BCUT2D eigenvalue weighted by Gasteiger charge is -2.35. The molecule has 196 valence electrons. The van der Waals surface area contributed by atoms with E-state index in [9.17, 15) is 9.59 Å². The highest BCUT2D eigenvalue weighted by molar-refractivity contribution is 6.39. The Hall–Kier alpha value is -3.26. The van der Waals surface area contributed by atoms with E-state index in [0.29, 0.717) is 23.8 Å². The summed E-state index contributed by atoms with van der Waals surface area (Å²) < 4.78 is 11.3. The molecule has 1 saturated heterocycles. The van der Waals surface area contributed by atoms with E-state index in [4.69, 9.17) is 9.47 Å². The molecule has 2 aromatic carbocycles. The highest BCUT2D eigenvalue weighted by Crippen LogP contribution is 2.30. The lowest BCUT2D eigenvalue weighted by Crippen LogP contribution is -2.46. The normalized spacial score (nSPS) is 14.7. The summed E-state index contributed by atoms with van der Waals surface area (Å²) in [5.41, 5.74) is 2.53. The maximum Gasteiger partial charge on any atom is 0.313 e. The maximum atomic E-state index is 12.5. The Balaban J connectivity index is 1.51. The molecule has 3 rings (SSSR count). The Morgan fingerprint density at radius 1 is 0.944 bits per heavy atom. The summed E-state index contributed by atoms with van der Waals surface area (Å²) in [5, 5.41) is 5.45. The van der Waals surface area contributed by atoms with Crippen LogP contribution in [0.3, 0.4) is 0 Å². The number of carbonyl (C=O) groups excluding carboxylic acids is 2. The van der Waals surface area contributed by atoms with E-state index in [0.717, 1.165) is 63.2 Å². The van der Waals surface area contributed by atoms with Crippen molar-refractivity contribution >= 4 is 23.2 Å². The lowest BCUT2D eigenvalue weighted by molar-refractivity contribution is -0.136. The number of benzene rings is 2. The summed E-state index contributed by atoms with van der Waals surface area (Å²) in [4.78, 5) is 29.8. The zero-order valence-corrected chi connectivity index (χ0v) is 22.0. The number of likely N-dealkylation sites (N-methyl/N-ethyl adjacent to an activating group) is 1. The predicted molar refractivity (Wildman–Crippen MR) is 144 cm³/mol. The molecule has 1 aliphatic rings. The first-order valence-electron chi connectivity index (χ1n) is 12.9. The number of rotatable bonds is 11. The molecule has 0 radical (unpaired) electrons. The summed E-state index contributed by atoms with van der Waals surface area (Å²) in [5.74, 6) is -0.120. The molecule has 1 heterocycles. The topological polar surface area (TPSA) is 83.1 Å². The third-order valence-electron chi connectivity index (χ3n) is 6.56. The van der Waals surface area contributed by atoms with Crippen LogP contribution in [0.4, 0.5) is 11.4 Å². The van der Waals surface area contributed by atoms with E-state index in [1.807, 2.05) is 49.4 Å². The average Bonchev–Trinajstić information content (AvgIpc) is 2.91. The van der Waals surface area contributed by atoms with Crippen LogP contribution in [0.2, 0.25) is 0 Å². The van der Waals surface area contributed by atoms with Crippen molar-refractivity contribution in [2.75, 3.05) is 56.7 Å². The minimum Gasteiger partial charge on any atom is -0.493 e. The summed E-state index contributed by atoms with van der Waals surface area (Å²) >= 11 is 0. The van der Waals surface area contributed by atoms with Gasteiger partial charge in [-0.05, 0) is 61.9 Å². The average molecular weight is 497 g/mol. The smallest absolute Gasteiger partial charge is 0.313 e. The van der Waals surface area contributed by atoms with Gasteiger partial charge in [-0.25, -0.2) is 0 Å². The van der Waals surface area contributed by atoms with Crippen molar-refractivity contribution in [1.82, 2.24) is 10.2 Å². The fourth-order valence-electron chi connectivity index (χ4n) is 4.22. The van der Waals surface area contributed by atoms with Gasteiger partial charge in [-0.2, -0.15) is 0 Å². The summed E-state index contributed by atoms with van der Waals surface area (Å²) in [6, 6.07) is 12.8.